The van der Waals surface area contributed by atoms with Crippen LogP contribution >= 0.6 is 0 Å². The molecule has 0 aliphatic carbocycles. The molecule has 1 fully saturated rings. The minimum Gasteiger partial charge on any atom is -0.662 e. The molecule has 1 aliphatic heterocycles. The summed E-state index contributed by atoms with van der Waals surface area (Å²) in [5.74, 6) is 0.656. The Morgan fingerprint density at radius 3 is 2.77 bits per heavy atom. The van der Waals surface area contributed by atoms with E-state index in [0.717, 1.165) is 19.6 Å². The van der Waals surface area contributed by atoms with Gasteiger partial charge in [-0.05, 0) is 5.92 Å². The molecule has 72 valence electrons. The summed E-state index contributed by atoms with van der Waals surface area (Å²) in [7, 11) is 0. The van der Waals surface area contributed by atoms with Gasteiger partial charge in [-0.1, -0.05) is 12.8 Å². The number of carbonyl (C=O) groups is 1. The van der Waals surface area contributed by atoms with E-state index in [-0.39, 0.29) is 64.7 Å². The number of amides is 1. The van der Waals surface area contributed by atoms with Gasteiger partial charge in [0.25, 0.3) is 0 Å². The van der Waals surface area contributed by atoms with Crippen LogP contribution in [0.5, 0.6) is 0 Å². The molecular weight excluding hydrogens is 191 g/mol. The van der Waals surface area contributed by atoms with E-state index in [0.29, 0.717) is 5.92 Å². The van der Waals surface area contributed by atoms with E-state index in [1.165, 1.54) is 12.8 Å². The largest absolute Gasteiger partial charge is 1.00 e. The summed E-state index contributed by atoms with van der Waals surface area (Å²) in [6, 6.07) is 0. The van der Waals surface area contributed by atoms with Crippen LogP contribution in [0, 0.1) is 13.3 Å². The van der Waals surface area contributed by atoms with E-state index in [1.54, 1.807) is 6.92 Å². The van der Waals surface area contributed by atoms with Gasteiger partial charge in [-0.3, -0.25) is 4.79 Å². The van der Waals surface area contributed by atoms with Crippen molar-refractivity contribution in [2.45, 2.75) is 19.8 Å². The topological polar surface area (TPSA) is 43.2 Å². The first-order valence-corrected chi connectivity index (χ1v) is 4.16. The summed E-state index contributed by atoms with van der Waals surface area (Å²) < 4.78 is 0. The smallest absolute Gasteiger partial charge is 0.662 e. The van der Waals surface area contributed by atoms with Gasteiger partial charge in [0, 0.05) is 13.5 Å². The van der Waals surface area contributed by atoms with Crippen molar-refractivity contribution in [3.63, 3.8) is 0 Å². The molecule has 1 amide bonds. The first-order valence-electron chi connectivity index (χ1n) is 4.16. The van der Waals surface area contributed by atoms with Crippen LogP contribution < -0.4 is 56.7 Å². The van der Waals surface area contributed by atoms with Gasteiger partial charge >= 0.3 is 51.4 Å². The van der Waals surface area contributed by atoms with Crippen molar-refractivity contribution in [1.29, 1.82) is 0 Å². The molecule has 1 N–H and O–H groups in total. The van der Waals surface area contributed by atoms with Gasteiger partial charge < -0.3 is 18.1 Å². The molecular formula is C9H18KN2O-. The number of hydrogen-bond acceptors (Lipinski definition) is 1. The quantitative estimate of drug-likeness (QED) is 0.430. The standard InChI is InChI=1S/C8H15N2O.CH3.K/c1-7(11)10-6-8-3-2-4-9-5-8;;/h8H,2-6H2,1H3,(H,10,11);1H3;/q2*-1;+1. The van der Waals surface area contributed by atoms with E-state index in [1.807, 2.05) is 0 Å². The summed E-state index contributed by atoms with van der Waals surface area (Å²) in [6.45, 7) is 4.30. The monoisotopic (exact) mass is 209 g/mol. The van der Waals surface area contributed by atoms with Gasteiger partial charge in [0.1, 0.15) is 0 Å². The van der Waals surface area contributed by atoms with E-state index in [9.17, 15) is 4.79 Å². The summed E-state index contributed by atoms with van der Waals surface area (Å²) >= 11 is 0. The average molecular weight is 209 g/mol. The Labute approximate surface area is 124 Å². The van der Waals surface area contributed by atoms with E-state index < -0.39 is 0 Å². The molecule has 0 bridgehead atoms. The van der Waals surface area contributed by atoms with E-state index >= 15 is 0 Å². The maximum atomic E-state index is 10.5. The van der Waals surface area contributed by atoms with Crippen molar-refractivity contribution < 1.29 is 56.2 Å². The Hall–Kier alpha value is 1.07. The molecule has 1 saturated heterocycles. The van der Waals surface area contributed by atoms with Crippen molar-refractivity contribution in [1.82, 2.24) is 5.32 Å². The van der Waals surface area contributed by atoms with Crippen LogP contribution in [-0.2, 0) is 4.79 Å². The third kappa shape index (κ3) is 8.09. The molecule has 1 heterocycles. The Bertz CT molecular complexity index is 136. The zero-order chi connectivity index (χ0) is 8.10. The average Bonchev–Trinajstić information content (AvgIpc) is 2.03. The third-order valence-corrected chi connectivity index (χ3v) is 1.96. The van der Waals surface area contributed by atoms with Crippen LogP contribution in [0.25, 0.3) is 5.32 Å². The molecule has 4 heteroatoms. The maximum absolute atomic E-state index is 10.5. The Balaban J connectivity index is 0. The fraction of sp³-hybridized carbons (Fsp3) is 0.778. The predicted octanol–water partition coefficient (Wildman–Crippen LogP) is -1.64. The number of carbonyl (C=O) groups excluding carboxylic acids is 1. The second-order valence-corrected chi connectivity index (χ2v) is 3.08. The molecule has 0 aromatic heterocycles. The molecule has 0 spiro atoms. The van der Waals surface area contributed by atoms with Crippen LogP contribution in [-0.4, -0.2) is 25.5 Å². The van der Waals surface area contributed by atoms with Crippen LogP contribution in [0.15, 0.2) is 0 Å². The molecule has 1 rings (SSSR count). The van der Waals surface area contributed by atoms with Crippen LogP contribution in [0.4, 0.5) is 0 Å². The summed E-state index contributed by atoms with van der Waals surface area (Å²) in [4.78, 5) is 10.5. The number of piperidine rings is 1. The molecule has 0 aromatic rings. The molecule has 3 nitrogen and oxygen atoms in total. The van der Waals surface area contributed by atoms with Gasteiger partial charge in [0.15, 0.2) is 0 Å². The van der Waals surface area contributed by atoms with Gasteiger partial charge in [-0.25, -0.2) is 0 Å². The first kappa shape index (κ1) is 16.5. The zero-order valence-corrected chi connectivity index (χ0v) is 12.1. The van der Waals surface area contributed by atoms with Gasteiger partial charge in [0.05, 0.1) is 0 Å². The second-order valence-electron chi connectivity index (χ2n) is 3.08. The first-order chi connectivity index (χ1) is 5.29. The summed E-state index contributed by atoms with van der Waals surface area (Å²) in [5, 5.41) is 7.10. The molecule has 13 heavy (non-hydrogen) atoms. The predicted molar refractivity (Wildman–Crippen MR) is 50.9 cm³/mol. The third-order valence-electron chi connectivity index (χ3n) is 1.96. The normalized spacial score (nSPS) is 20.8. The van der Waals surface area contributed by atoms with E-state index in [2.05, 4.69) is 10.6 Å². The Morgan fingerprint density at radius 2 is 2.31 bits per heavy atom. The molecule has 0 saturated carbocycles. The molecule has 1 atom stereocenters. The Morgan fingerprint density at radius 1 is 1.62 bits per heavy atom. The fourth-order valence-electron chi connectivity index (χ4n) is 1.31. The van der Waals surface area contributed by atoms with Crippen molar-refractivity contribution in [3.8, 4) is 0 Å². The second kappa shape index (κ2) is 9.61. The number of nitrogens with zero attached hydrogens (tertiary/aromatic N) is 1. The zero-order valence-electron chi connectivity index (χ0n) is 8.97. The van der Waals surface area contributed by atoms with Crippen LogP contribution in [0.3, 0.4) is 0 Å². The Kier molecular flexibility index (Phi) is 12.2. The minimum absolute atomic E-state index is 0. The summed E-state index contributed by atoms with van der Waals surface area (Å²) in [5.41, 5.74) is 0. The number of nitrogens with one attached hydrogen (secondary N) is 1. The number of hydrogen-bond donors (Lipinski definition) is 1. The van der Waals surface area contributed by atoms with Crippen molar-refractivity contribution in [2.75, 3.05) is 19.6 Å². The summed E-state index contributed by atoms with van der Waals surface area (Å²) in [6.07, 6.45) is 2.40. The van der Waals surface area contributed by atoms with Crippen LogP contribution in [0.2, 0.25) is 0 Å². The van der Waals surface area contributed by atoms with Crippen LogP contribution in [0.1, 0.15) is 19.8 Å². The molecule has 1 unspecified atom stereocenters. The SMILES string of the molecule is CC(=O)NCC1CCC[N-]C1.[CH3-].[K+]. The van der Waals surface area contributed by atoms with Crippen molar-refractivity contribution >= 4 is 5.91 Å². The van der Waals surface area contributed by atoms with Crippen molar-refractivity contribution in [3.05, 3.63) is 12.7 Å². The maximum Gasteiger partial charge on any atom is 1.00 e. The van der Waals surface area contributed by atoms with Gasteiger partial charge in [-0.15, -0.1) is 13.1 Å². The molecule has 1 aliphatic rings. The minimum atomic E-state index is 0. The molecule has 0 aromatic carbocycles. The van der Waals surface area contributed by atoms with Gasteiger partial charge in [-0.2, -0.15) is 0 Å². The number of rotatable bonds is 2. The van der Waals surface area contributed by atoms with Gasteiger partial charge in [0.2, 0.25) is 5.91 Å². The van der Waals surface area contributed by atoms with Crippen molar-refractivity contribution in [2.24, 2.45) is 5.92 Å². The fourth-order valence-corrected chi connectivity index (χ4v) is 1.31. The van der Waals surface area contributed by atoms with E-state index in [4.69, 9.17) is 0 Å². The molecule has 0 radical (unpaired) electrons.